The molecule has 120 valence electrons. The maximum atomic E-state index is 12.6. The molecule has 22 heavy (non-hydrogen) atoms. The highest BCUT2D eigenvalue weighted by atomic mass is 32.2. The molecule has 2 rings (SSSR count). The van der Waals surface area contributed by atoms with Crippen LogP contribution in [0.2, 0.25) is 19.6 Å². The first kappa shape index (κ1) is 17.3. The maximum Gasteiger partial charge on any atom is 0.243 e. The largest absolute Gasteiger partial charge is 0.243 e. The Labute approximate surface area is 135 Å². The quantitative estimate of drug-likeness (QED) is 0.614. The van der Waals surface area contributed by atoms with E-state index < -0.39 is 18.1 Å². The first-order valence-electron chi connectivity index (χ1n) is 7.78. The average molecular weight is 336 g/mol. The highest BCUT2D eigenvalue weighted by Crippen LogP contribution is 2.23. The van der Waals surface area contributed by atoms with Gasteiger partial charge in [-0.1, -0.05) is 37.3 Å². The Morgan fingerprint density at radius 3 is 2.14 bits per heavy atom. The van der Waals surface area contributed by atoms with Gasteiger partial charge in [-0.05, 0) is 31.9 Å². The van der Waals surface area contributed by atoms with Gasteiger partial charge < -0.3 is 0 Å². The molecule has 0 saturated carbocycles. The van der Waals surface area contributed by atoms with Crippen molar-refractivity contribution < 1.29 is 8.42 Å². The molecule has 0 spiro atoms. The lowest BCUT2D eigenvalue weighted by molar-refractivity contribution is 0.311. The lowest BCUT2D eigenvalue weighted by Crippen LogP contribution is -2.38. The lowest BCUT2D eigenvalue weighted by atomic mass is 10.00. The first-order valence-corrected chi connectivity index (χ1v) is 12.7. The van der Waals surface area contributed by atoms with Crippen molar-refractivity contribution in [2.45, 2.75) is 44.3 Å². The number of hydrogen-bond acceptors (Lipinski definition) is 2. The molecule has 0 aromatic heterocycles. The van der Waals surface area contributed by atoms with E-state index >= 15 is 0 Å². The van der Waals surface area contributed by atoms with Crippen molar-refractivity contribution in [3.05, 3.63) is 29.8 Å². The Bertz CT molecular complexity index is 670. The third-order valence-corrected chi connectivity index (χ3v) is 6.57. The van der Waals surface area contributed by atoms with E-state index in [0.717, 1.165) is 18.4 Å². The minimum absolute atomic E-state index is 0.344. The van der Waals surface area contributed by atoms with Gasteiger partial charge in [-0.3, -0.25) is 0 Å². The fourth-order valence-corrected chi connectivity index (χ4v) is 4.53. The number of nitrogens with zero attached hydrogens (tertiary/aromatic N) is 1. The summed E-state index contributed by atoms with van der Waals surface area (Å²) in [7, 11) is -4.70. The Kier molecular flexibility index (Phi) is 5.16. The molecule has 0 N–H and O–H groups in total. The summed E-state index contributed by atoms with van der Waals surface area (Å²) in [5.74, 6) is 3.71. The van der Waals surface area contributed by atoms with Crippen molar-refractivity contribution in [2.75, 3.05) is 13.1 Å². The predicted molar refractivity (Wildman–Crippen MR) is 93.8 cm³/mol. The van der Waals surface area contributed by atoms with Gasteiger partial charge in [0.25, 0.3) is 0 Å². The van der Waals surface area contributed by atoms with Gasteiger partial charge in [-0.2, -0.15) is 4.31 Å². The number of piperidine rings is 1. The summed E-state index contributed by atoms with van der Waals surface area (Å²) in [5.41, 5.74) is 4.47. The molecule has 1 aliphatic rings. The molecule has 0 amide bonds. The molecule has 1 heterocycles. The normalized spacial score (nSPS) is 17.8. The zero-order valence-electron chi connectivity index (χ0n) is 13.9. The Morgan fingerprint density at radius 1 is 1.09 bits per heavy atom. The van der Waals surface area contributed by atoms with Gasteiger partial charge in [-0.25, -0.2) is 8.42 Å². The summed E-state index contributed by atoms with van der Waals surface area (Å²) >= 11 is 0. The Hall–Kier alpha value is -1.09. The molecule has 1 aromatic carbocycles. The summed E-state index contributed by atoms with van der Waals surface area (Å²) in [5, 5.41) is 0. The topological polar surface area (TPSA) is 37.4 Å². The van der Waals surface area contributed by atoms with Crippen LogP contribution in [-0.2, 0) is 10.0 Å². The van der Waals surface area contributed by atoms with Crippen LogP contribution in [0.25, 0.3) is 0 Å². The van der Waals surface area contributed by atoms with Crippen molar-refractivity contribution in [1.82, 2.24) is 4.31 Å². The number of sulfonamides is 1. The van der Waals surface area contributed by atoms with Crippen molar-refractivity contribution in [1.29, 1.82) is 0 Å². The standard InChI is InChI=1S/C17H25NO2SSi/c1-15-5-7-17(8-6-15)21(19,20)18-12-9-16(10-13-18)11-14-22(2,3)4/h5-8,16H,9-10,12-13H2,1-4H3. The van der Waals surface area contributed by atoms with E-state index in [0.29, 0.717) is 23.9 Å². The summed E-state index contributed by atoms with van der Waals surface area (Å²) in [4.78, 5) is 0.393. The zero-order chi connectivity index (χ0) is 16.4. The smallest absolute Gasteiger partial charge is 0.207 e. The Balaban J connectivity index is 2.04. The van der Waals surface area contributed by atoms with E-state index in [1.165, 1.54) is 0 Å². The van der Waals surface area contributed by atoms with Gasteiger partial charge in [0.2, 0.25) is 10.0 Å². The van der Waals surface area contributed by atoms with Gasteiger partial charge in [0.15, 0.2) is 0 Å². The molecule has 5 heteroatoms. The number of benzene rings is 1. The van der Waals surface area contributed by atoms with Gasteiger partial charge >= 0.3 is 0 Å². The second kappa shape index (κ2) is 6.57. The van der Waals surface area contributed by atoms with Crippen LogP contribution in [0.3, 0.4) is 0 Å². The van der Waals surface area contributed by atoms with E-state index in [4.69, 9.17) is 0 Å². The van der Waals surface area contributed by atoms with Crippen LogP contribution in [0.4, 0.5) is 0 Å². The molecule has 1 aromatic rings. The van der Waals surface area contributed by atoms with E-state index in [1.54, 1.807) is 16.4 Å². The molecule has 0 bridgehead atoms. The minimum Gasteiger partial charge on any atom is -0.207 e. The highest BCUT2D eigenvalue weighted by Gasteiger charge is 2.28. The van der Waals surface area contributed by atoms with E-state index in [-0.39, 0.29) is 0 Å². The molecule has 0 atom stereocenters. The number of aryl methyl sites for hydroxylation is 1. The molecule has 0 aliphatic carbocycles. The van der Waals surface area contributed by atoms with Crippen LogP contribution in [0, 0.1) is 24.3 Å². The molecule has 0 radical (unpaired) electrons. The summed E-state index contributed by atoms with van der Waals surface area (Å²) < 4.78 is 26.8. The number of hydrogen-bond donors (Lipinski definition) is 0. The molecule has 1 saturated heterocycles. The zero-order valence-corrected chi connectivity index (χ0v) is 15.7. The summed E-state index contributed by atoms with van der Waals surface area (Å²) in [6.07, 6.45) is 1.67. The second-order valence-corrected chi connectivity index (χ2v) is 13.7. The molecule has 0 unspecified atom stereocenters. The highest BCUT2D eigenvalue weighted by molar-refractivity contribution is 7.89. The lowest BCUT2D eigenvalue weighted by Gasteiger charge is -2.29. The molecule has 3 nitrogen and oxygen atoms in total. The fraction of sp³-hybridized carbons (Fsp3) is 0.529. The van der Waals surface area contributed by atoms with Crippen LogP contribution in [0.15, 0.2) is 29.2 Å². The fourth-order valence-electron chi connectivity index (χ4n) is 2.42. The van der Waals surface area contributed by atoms with Crippen LogP contribution in [0.5, 0.6) is 0 Å². The van der Waals surface area contributed by atoms with Crippen LogP contribution in [-0.4, -0.2) is 33.9 Å². The average Bonchev–Trinajstić information content (AvgIpc) is 2.45. The SMILES string of the molecule is Cc1ccc(S(=O)(=O)N2CCC(C#C[Si](C)(C)C)CC2)cc1. The van der Waals surface area contributed by atoms with E-state index in [1.807, 2.05) is 19.1 Å². The van der Waals surface area contributed by atoms with Crippen molar-refractivity contribution in [3.8, 4) is 11.5 Å². The maximum absolute atomic E-state index is 12.6. The van der Waals surface area contributed by atoms with Gasteiger partial charge in [0, 0.05) is 19.0 Å². The van der Waals surface area contributed by atoms with Crippen molar-refractivity contribution in [2.24, 2.45) is 5.92 Å². The van der Waals surface area contributed by atoms with E-state index in [2.05, 4.69) is 31.1 Å². The molecule has 1 aliphatic heterocycles. The van der Waals surface area contributed by atoms with Gasteiger partial charge in [-0.15, -0.1) is 11.5 Å². The van der Waals surface area contributed by atoms with Gasteiger partial charge in [0.05, 0.1) is 4.90 Å². The second-order valence-electron chi connectivity index (χ2n) is 7.01. The Morgan fingerprint density at radius 2 is 1.64 bits per heavy atom. The van der Waals surface area contributed by atoms with E-state index in [9.17, 15) is 8.42 Å². The predicted octanol–water partition coefficient (Wildman–Crippen LogP) is 3.28. The summed E-state index contributed by atoms with van der Waals surface area (Å²) in [6, 6.07) is 7.08. The third kappa shape index (κ3) is 4.45. The third-order valence-electron chi connectivity index (χ3n) is 3.76. The monoisotopic (exact) mass is 335 g/mol. The molecular weight excluding hydrogens is 310 g/mol. The molecule has 1 fully saturated rings. The summed E-state index contributed by atoms with van der Waals surface area (Å²) in [6.45, 7) is 9.80. The van der Waals surface area contributed by atoms with Crippen LogP contribution < -0.4 is 0 Å². The molecular formula is C17H25NO2SSi. The van der Waals surface area contributed by atoms with Crippen molar-refractivity contribution in [3.63, 3.8) is 0 Å². The van der Waals surface area contributed by atoms with Crippen LogP contribution in [0.1, 0.15) is 18.4 Å². The van der Waals surface area contributed by atoms with Gasteiger partial charge in [0.1, 0.15) is 8.07 Å². The number of rotatable bonds is 2. The minimum atomic E-state index is -3.35. The van der Waals surface area contributed by atoms with Crippen molar-refractivity contribution >= 4 is 18.1 Å². The first-order chi connectivity index (χ1) is 10.2. The van der Waals surface area contributed by atoms with Crippen LogP contribution >= 0.6 is 0 Å².